The Morgan fingerprint density at radius 1 is 0.767 bits per heavy atom. The van der Waals surface area contributed by atoms with E-state index in [0.717, 1.165) is 6.07 Å². The van der Waals surface area contributed by atoms with Gasteiger partial charge in [0.1, 0.15) is 6.61 Å². The van der Waals surface area contributed by atoms with Crippen LogP contribution in [0.25, 0.3) is 0 Å². The van der Waals surface area contributed by atoms with Gasteiger partial charge in [-0.15, -0.1) is 0 Å². The lowest BCUT2D eigenvalue weighted by Crippen LogP contribution is -2.28. The Morgan fingerprint density at radius 3 is 1.73 bits per heavy atom. The number of hydrogen-bond donors (Lipinski definition) is 3. The van der Waals surface area contributed by atoms with Crippen LogP contribution in [0.2, 0.25) is 0 Å². The van der Waals surface area contributed by atoms with Gasteiger partial charge in [0.05, 0.1) is 49.7 Å². The van der Waals surface area contributed by atoms with E-state index in [2.05, 4.69) is 0 Å². The van der Waals surface area contributed by atoms with Gasteiger partial charge in [-0.2, -0.15) is 0 Å². The highest BCUT2D eigenvalue weighted by Crippen LogP contribution is 2.21. The SMILES string of the molecule is CC(C)(CO)COC(=O)c1ccc(C(=O)OCCO)cc1C(=O)OCC(C)(C)CO. The van der Waals surface area contributed by atoms with Crippen LogP contribution in [0.4, 0.5) is 0 Å². The predicted octanol–water partition coefficient (Wildman–Crippen LogP) is 1.19. The number of benzene rings is 1. The molecule has 0 amide bonds. The summed E-state index contributed by atoms with van der Waals surface area (Å²) >= 11 is 0. The van der Waals surface area contributed by atoms with E-state index >= 15 is 0 Å². The number of aliphatic hydroxyl groups is 3. The summed E-state index contributed by atoms with van der Waals surface area (Å²) < 4.78 is 15.3. The summed E-state index contributed by atoms with van der Waals surface area (Å²) in [6.45, 7) is 5.57. The summed E-state index contributed by atoms with van der Waals surface area (Å²) in [5, 5.41) is 27.4. The van der Waals surface area contributed by atoms with Crippen LogP contribution >= 0.6 is 0 Å². The molecule has 0 radical (unpaired) electrons. The molecule has 9 nitrogen and oxygen atoms in total. The largest absolute Gasteiger partial charge is 0.461 e. The minimum atomic E-state index is -0.873. The van der Waals surface area contributed by atoms with Gasteiger partial charge in [0.25, 0.3) is 0 Å². The molecule has 0 saturated carbocycles. The molecular formula is C21H30O9. The summed E-state index contributed by atoms with van der Waals surface area (Å²) in [4.78, 5) is 37.2. The number of carbonyl (C=O) groups is 3. The van der Waals surface area contributed by atoms with Crippen LogP contribution < -0.4 is 0 Å². The lowest BCUT2D eigenvalue weighted by Gasteiger charge is -2.22. The summed E-state index contributed by atoms with van der Waals surface area (Å²) in [5.41, 5.74) is -1.69. The lowest BCUT2D eigenvalue weighted by atomic mass is 9.96. The van der Waals surface area contributed by atoms with Gasteiger partial charge in [0, 0.05) is 10.8 Å². The Bertz CT molecular complexity index is 753. The van der Waals surface area contributed by atoms with Crippen molar-refractivity contribution < 1.29 is 43.9 Å². The summed E-state index contributed by atoms with van der Waals surface area (Å²) in [7, 11) is 0. The molecule has 0 aliphatic rings. The molecule has 0 saturated heterocycles. The fourth-order valence-corrected chi connectivity index (χ4v) is 2.01. The summed E-state index contributed by atoms with van der Waals surface area (Å²) in [6.07, 6.45) is 0. The molecule has 1 rings (SSSR count). The van der Waals surface area contributed by atoms with Crippen molar-refractivity contribution in [1.82, 2.24) is 0 Å². The molecule has 0 aliphatic heterocycles. The molecular weight excluding hydrogens is 396 g/mol. The van der Waals surface area contributed by atoms with Crippen LogP contribution in [0.15, 0.2) is 18.2 Å². The van der Waals surface area contributed by atoms with Gasteiger partial charge in [-0.1, -0.05) is 27.7 Å². The van der Waals surface area contributed by atoms with Crippen molar-refractivity contribution in [1.29, 1.82) is 0 Å². The molecule has 0 bridgehead atoms. The van der Waals surface area contributed by atoms with Crippen molar-refractivity contribution in [3.8, 4) is 0 Å². The van der Waals surface area contributed by atoms with Gasteiger partial charge in [-0.05, 0) is 18.2 Å². The molecule has 30 heavy (non-hydrogen) atoms. The van der Waals surface area contributed by atoms with Crippen molar-refractivity contribution in [3.63, 3.8) is 0 Å². The number of esters is 3. The number of carbonyl (C=O) groups excluding carboxylic acids is 3. The van der Waals surface area contributed by atoms with Crippen LogP contribution in [-0.2, 0) is 14.2 Å². The average molecular weight is 426 g/mol. The zero-order valence-corrected chi connectivity index (χ0v) is 17.8. The number of aliphatic hydroxyl groups excluding tert-OH is 3. The molecule has 1 aromatic rings. The van der Waals surface area contributed by atoms with Gasteiger partial charge >= 0.3 is 17.9 Å². The first-order valence-corrected chi connectivity index (χ1v) is 9.44. The third kappa shape index (κ3) is 7.74. The Labute approximate surface area is 175 Å². The van der Waals surface area contributed by atoms with Crippen molar-refractivity contribution in [3.05, 3.63) is 34.9 Å². The Kier molecular flexibility index (Phi) is 9.41. The van der Waals surface area contributed by atoms with Crippen molar-refractivity contribution >= 4 is 17.9 Å². The molecule has 0 heterocycles. The van der Waals surface area contributed by atoms with Crippen LogP contribution in [0, 0.1) is 10.8 Å². The molecule has 0 aromatic heterocycles. The second-order valence-corrected chi connectivity index (χ2v) is 8.42. The molecule has 168 valence electrons. The third-order valence-corrected chi connectivity index (χ3v) is 4.06. The number of rotatable bonds is 11. The van der Waals surface area contributed by atoms with Gasteiger partial charge in [-0.3, -0.25) is 0 Å². The quantitative estimate of drug-likeness (QED) is 0.351. The molecule has 0 aliphatic carbocycles. The van der Waals surface area contributed by atoms with E-state index in [1.807, 2.05) is 0 Å². The second-order valence-electron chi connectivity index (χ2n) is 8.42. The highest BCUT2D eigenvalue weighted by molar-refractivity contribution is 6.05. The lowest BCUT2D eigenvalue weighted by molar-refractivity contribution is 0.0178. The van der Waals surface area contributed by atoms with E-state index < -0.39 is 28.7 Å². The zero-order chi connectivity index (χ0) is 22.9. The topological polar surface area (TPSA) is 140 Å². The highest BCUT2D eigenvalue weighted by Gasteiger charge is 2.26. The van der Waals surface area contributed by atoms with Gasteiger partial charge in [-0.25, -0.2) is 14.4 Å². The standard InChI is InChI=1S/C21H30O9/c1-20(2,10-23)12-29-18(26)15-6-5-14(17(25)28-8-7-22)9-16(15)19(27)30-13-21(3,4)11-24/h5-6,9,22-24H,7-8,10-13H2,1-4H3. The average Bonchev–Trinajstić information content (AvgIpc) is 2.73. The smallest absolute Gasteiger partial charge is 0.339 e. The first kappa shape index (κ1) is 25.5. The molecule has 0 unspecified atom stereocenters. The van der Waals surface area contributed by atoms with Crippen molar-refractivity contribution in [2.24, 2.45) is 10.8 Å². The fourth-order valence-electron chi connectivity index (χ4n) is 2.01. The molecule has 0 fully saturated rings. The van der Waals surface area contributed by atoms with E-state index in [0.29, 0.717) is 0 Å². The van der Waals surface area contributed by atoms with E-state index in [1.54, 1.807) is 27.7 Å². The molecule has 9 heteroatoms. The van der Waals surface area contributed by atoms with E-state index in [9.17, 15) is 24.6 Å². The van der Waals surface area contributed by atoms with Crippen LogP contribution in [0.5, 0.6) is 0 Å². The predicted molar refractivity (Wildman–Crippen MR) is 106 cm³/mol. The summed E-state index contributed by atoms with van der Waals surface area (Å²) in [5.74, 6) is -2.48. The van der Waals surface area contributed by atoms with Crippen LogP contribution in [-0.4, -0.2) is 72.9 Å². The minimum Gasteiger partial charge on any atom is -0.461 e. The molecule has 3 N–H and O–H groups in total. The Hall–Kier alpha value is -2.49. The molecule has 1 aromatic carbocycles. The van der Waals surface area contributed by atoms with Gasteiger partial charge in [0.2, 0.25) is 0 Å². The van der Waals surface area contributed by atoms with Gasteiger partial charge in [0.15, 0.2) is 0 Å². The third-order valence-electron chi connectivity index (χ3n) is 4.06. The molecule has 0 atom stereocenters. The second kappa shape index (κ2) is 11.1. The van der Waals surface area contributed by atoms with Crippen LogP contribution in [0.3, 0.4) is 0 Å². The van der Waals surface area contributed by atoms with Crippen LogP contribution in [0.1, 0.15) is 58.8 Å². The molecule has 0 spiro atoms. The first-order chi connectivity index (χ1) is 14.0. The maximum Gasteiger partial charge on any atom is 0.339 e. The van der Waals surface area contributed by atoms with E-state index in [4.69, 9.17) is 19.3 Å². The number of hydrogen-bond acceptors (Lipinski definition) is 9. The Balaban J connectivity index is 3.17. The maximum absolute atomic E-state index is 12.6. The highest BCUT2D eigenvalue weighted by atomic mass is 16.5. The normalized spacial score (nSPS) is 11.7. The monoisotopic (exact) mass is 426 g/mol. The minimum absolute atomic E-state index is 0.0101. The van der Waals surface area contributed by atoms with Crippen molar-refractivity contribution in [2.45, 2.75) is 27.7 Å². The zero-order valence-electron chi connectivity index (χ0n) is 17.8. The number of ether oxygens (including phenoxy) is 3. The van der Waals surface area contributed by atoms with E-state index in [1.165, 1.54) is 12.1 Å². The fraction of sp³-hybridized carbons (Fsp3) is 0.571. The van der Waals surface area contributed by atoms with Gasteiger partial charge < -0.3 is 29.5 Å². The first-order valence-electron chi connectivity index (χ1n) is 9.44. The Morgan fingerprint density at radius 2 is 1.27 bits per heavy atom. The maximum atomic E-state index is 12.6. The van der Waals surface area contributed by atoms with Crippen molar-refractivity contribution in [2.75, 3.05) is 39.6 Å². The summed E-state index contributed by atoms with van der Waals surface area (Å²) in [6, 6.07) is 3.70. The van der Waals surface area contributed by atoms with E-state index in [-0.39, 0.29) is 56.3 Å².